The second-order valence-corrected chi connectivity index (χ2v) is 4.10. The molecule has 1 aliphatic rings. The zero-order valence-corrected chi connectivity index (χ0v) is 9.85. The van der Waals surface area contributed by atoms with E-state index in [1.807, 2.05) is 19.1 Å². The largest absolute Gasteiger partial charge is 0.378 e. The topological polar surface area (TPSA) is 63.2 Å². The monoisotopic (exact) mass is 235 g/mol. The Labute approximate surface area is 101 Å². The summed E-state index contributed by atoms with van der Waals surface area (Å²) in [4.78, 5) is 15.9. The number of rotatable bonds is 3. The van der Waals surface area contributed by atoms with E-state index >= 15 is 0 Å². The Hall–Kier alpha value is -1.46. The summed E-state index contributed by atoms with van der Waals surface area (Å²) in [5.41, 5.74) is 0.998. The highest BCUT2D eigenvalue weighted by atomic mass is 16.5. The highest BCUT2D eigenvalue weighted by Gasteiger charge is 2.22. The average molecular weight is 235 g/mol. The van der Waals surface area contributed by atoms with E-state index in [4.69, 9.17) is 4.74 Å². The lowest BCUT2D eigenvalue weighted by Crippen LogP contribution is -2.51. The van der Waals surface area contributed by atoms with Gasteiger partial charge >= 0.3 is 0 Å². The number of carbonyl (C=O) groups excluding carboxylic acids is 1. The van der Waals surface area contributed by atoms with E-state index in [2.05, 4.69) is 15.6 Å². The Kier molecular flexibility index (Phi) is 4.06. The van der Waals surface area contributed by atoms with Gasteiger partial charge in [-0.2, -0.15) is 0 Å². The van der Waals surface area contributed by atoms with Crippen LogP contribution in [0.25, 0.3) is 0 Å². The molecule has 5 heteroatoms. The Balaban J connectivity index is 1.89. The SMILES string of the molecule is C[C@H](NC(=O)C1COCCN1)c1cccnc1. The van der Waals surface area contributed by atoms with Crippen LogP contribution in [0, 0.1) is 0 Å². The summed E-state index contributed by atoms with van der Waals surface area (Å²) in [5.74, 6) is -0.0268. The van der Waals surface area contributed by atoms with Gasteiger partial charge in [-0.1, -0.05) is 6.07 Å². The smallest absolute Gasteiger partial charge is 0.240 e. The summed E-state index contributed by atoms with van der Waals surface area (Å²) in [6.07, 6.45) is 3.48. The molecule has 1 saturated heterocycles. The molecule has 0 aliphatic carbocycles. The second-order valence-electron chi connectivity index (χ2n) is 4.10. The van der Waals surface area contributed by atoms with Gasteiger partial charge in [-0.05, 0) is 18.6 Å². The van der Waals surface area contributed by atoms with E-state index in [1.165, 1.54) is 0 Å². The molecule has 0 spiro atoms. The van der Waals surface area contributed by atoms with E-state index in [0.717, 1.165) is 12.1 Å². The van der Waals surface area contributed by atoms with Crippen molar-refractivity contribution in [3.8, 4) is 0 Å². The van der Waals surface area contributed by atoms with Gasteiger partial charge in [-0.25, -0.2) is 0 Å². The van der Waals surface area contributed by atoms with Gasteiger partial charge in [0.1, 0.15) is 6.04 Å². The molecule has 1 aliphatic heterocycles. The molecule has 0 saturated carbocycles. The van der Waals surface area contributed by atoms with Gasteiger partial charge < -0.3 is 15.4 Å². The molecule has 5 nitrogen and oxygen atoms in total. The number of nitrogens with one attached hydrogen (secondary N) is 2. The van der Waals surface area contributed by atoms with Crippen molar-refractivity contribution in [1.29, 1.82) is 0 Å². The molecule has 0 radical (unpaired) electrons. The number of ether oxygens (including phenoxy) is 1. The van der Waals surface area contributed by atoms with Crippen LogP contribution < -0.4 is 10.6 Å². The van der Waals surface area contributed by atoms with Gasteiger partial charge in [-0.15, -0.1) is 0 Å². The van der Waals surface area contributed by atoms with Gasteiger partial charge in [0.15, 0.2) is 0 Å². The Morgan fingerprint density at radius 3 is 3.24 bits per heavy atom. The van der Waals surface area contributed by atoms with Gasteiger partial charge in [0.2, 0.25) is 5.91 Å². The Morgan fingerprint density at radius 2 is 2.59 bits per heavy atom. The number of hydrogen-bond donors (Lipinski definition) is 2. The number of pyridine rings is 1. The molecule has 0 aromatic carbocycles. The van der Waals surface area contributed by atoms with E-state index in [-0.39, 0.29) is 18.0 Å². The van der Waals surface area contributed by atoms with Crippen LogP contribution >= 0.6 is 0 Å². The van der Waals surface area contributed by atoms with Crippen molar-refractivity contribution in [3.05, 3.63) is 30.1 Å². The lowest BCUT2D eigenvalue weighted by atomic mass is 10.1. The minimum atomic E-state index is -0.247. The number of amides is 1. The molecule has 1 unspecified atom stereocenters. The van der Waals surface area contributed by atoms with Gasteiger partial charge in [-0.3, -0.25) is 9.78 Å². The highest BCUT2D eigenvalue weighted by molar-refractivity contribution is 5.82. The molecule has 2 rings (SSSR count). The second kappa shape index (κ2) is 5.75. The summed E-state index contributed by atoms with van der Waals surface area (Å²) in [7, 11) is 0. The van der Waals surface area contributed by atoms with Crippen LogP contribution in [-0.2, 0) is 9.53 Å². The lowest BCUT2D eigenvalue weighted by molar-refractivity contribution is -0.126. The molecule has 2 N–H and O–H groups in total. The number of nitrogens with zero attached hydrogens (tertiary/aromatic N) is 1. The van der Waals surface area contributed by atoms with Crippen molar-refractivity contribution in [1.82, 2.24) is 15.6 Å². The maximum Gasteiger partial charge on any atom is 0.240 e. The first-order chi connectivity index (χ1) is 8.27. The third-order valence-corrected chi connectivity index (χ3v) is 2.78. The first kappa shape index (κ1) is 12.0. The van der Waals surface area contributed by atoms with Crippen LogP contribution in [0.3, 0.4) is 0 Å². The van der Waals surface area contributed by atoms with Gasteiger partial charge in [0, 0.05) is 18.9 Å². The third kappa shape index (κ3) is 3.25. The fourth-order valence-corrected chi connectivity index (χ4v) is 1.76. The maximum absolute atomic E-state index is 11.9. The molecule has 2 heterocycles. The summed E-state index contributed by atoms with van der Waals surface area (Å²) in [5, 5.41) is 6.07. The van der Waals surface area contributed by atoms with Crippen molar-refractivity contribution in [2.45, 2.75) is 19.0 Å². The summed E-state index contributed by atoms with van der Waals surface area (Å²) in [6, 6.07) is 3.52. The van der Waals surface area contributed by atoms with E-state index in [9.17, 15) is 4.79 Å². The van der Waals surface area contributed by atoms with Crippen LogP contribution in [-0.4, -0.2) is 36.7 Å². The summed E-state index contributed by atoms with van der Waals surface area (Å²) in [6.45, 7) is 3.77. The number of hydrogen-bond acceptors (Lipinski definition) is 4. The van der Waals surface area contributed by atoms with E-state index in [1.54, 1.807) is 12.4 Å². The standard InChI is InChI=1S/C12H17N3O2/c1-9(10-3-2-4-13-7-10)15-12(16)11-8-17-6-5-14-11/h2-4,7,9,11,14H,5-6,8H2,1H3,(H,15,16)/t9-,11?/m0/s1. The van der Waals surface area contributed by atoms with Gasteiger partial charge in [0.05, 0.1) is 19.3 Å². The van der Waals surface area contributed by atoms with Crippen molar-refractivity contribution < 1.29 is 9.53 Å². The quantitative estimate of drug-likeness (QED) is 0.788. The van der Waals surface area contributed by atoms with E-state index < -0.39 is 0 Å². The summed E-state index contributed by atoms with van der Waals surface area (Å²) >= 11 is 0. The molecule has 1 aromatic rings. The zero-order valence-electron chi connectivity index (χ0n) is 9.85. The molecule has 1 fully saturated rings. The number of aromatic nitrogens is 1. The first-order valence-electron chi connectivity index (χ1n) is 5.79. The maximum atomic E-state index is 11.9. The predicted molar refractivity (Wildman–Crippen MR) is 63.4 cm³/mol. The summed E-state index contributed by atoms with van der Waals surface area (Å²) < 4.78 is 5.25. The Morgan fingerprint density at radius 1 is 1.71 bits per heavy atom. The fraction of sp³-hybridized carbons (Fsp3) is 0.500. The predicted octanol–water partition coefficient (Wildman–Crippen LogP) is 0.247. The van der Waals surface area contributed by atoms with Crippen molar-refractivity contribution >= 4 is 5.91 Å². The molecule has 2 atom stereocenters. The van der Waals surface area contributed by atoms with Crippen molar-refractivity contribution in [2.24, 2.45) is 0 Å². The Bertz CT molecular complexity index is 363. The van der Waals surface area contributed by atoms with Crippen molar-refractivity contribution in [2.75, 3.05) is 19.8 Å². The zero-order chi connectivity index (χ0) is 12.1. The van der Waals surface area contributed by atoms with E-state index in [0.29, 0.717) is 13.2 Å². The molecular weight excluding hydrogens is 218 g/mol. The normalized spacial score (nSPS) is 21.8. The van der Waals surface area contributed by atoms with Crippen molar-refractivity contribution in [3.63, 3.8) is 0 Å². The molecule has 92 valence electrons. The minimum Gasteiger partial charge on any atom is -0.378 e. The van der Waals surface area contributed by atoms with Crippen LogP contribution in [0.2, 0.25) is 0 Å². The fourth-order valence-electron chi connectivity index (χ4n) is 1.76. The third-order valence-electron chi connectivity index (χ3n) is 2.78. The number of morpholine rings is 1. The van der Waals surface area contributed by atoms with Crippen LogP contribution in [0.1, 0.15) is 18.5 Å². The molecule has 0 bridgehead atoms. The van der Waals surface area contributed by atoms with Crippen LogP contribution in [0.4, 0.5) is 0 Å². The number of carbonyl (C=O) groups is 1. The molecule has 1 aromatic heterocycles. The average Bonchev–Trinajstić information content (AvgIpc) is 2.40. The highest BCUT2D eigenvalue weighted by Crippen LogP contribution is 2.10. The first-order valence-corrected chi connectivity index (χ1v) is 5.79. The molecular formula is C12H17N3O2. The molecule has 1 amide bonds. The molecule has 17 heavy (non-hydrogen) atoms. The van der Waals surface area contributed by atoms with Crippen LogP contribution in [0.5, 0.6) is 0 Å². The van der Waals surface area contributed by atoms with Crippen LogP contribution in [0.15, 0.2) is 24.5 Å². The lowest BCUT2D eigenvalue weighted by Gasteiger charge is -2.24. The minimum absolute atomic E-state index is 0.0268. The van der Waals surface area contributed by atoms with Gasteiger partial charge in [0.25, 0.3) is 0 Å².